The molecule has 100 valence electrons. The number of anilines is 2. The maximum atomic E-state index is 4.55. The van der Waals surface area contributed by atoms with Gasteiger partial charge in [0.2, 0.25) is 0 Å². The normalized spacial score (nSPS) is 14.6. The van der Waals surface area contributed by atoms with Crippen LogP contribution in [0.2, 0.25) is 0 Å². The second-order valence-corrected chi connectivity index (χ2v) is 4.91. The van der Waals surface area contributed by atoms with Crippen molar-refractivity contribution in [2.45, 2.75) is 52.0 Å². The Hall–Kier alpha value is -1.32. The Morgan fingerprint density at radius 1 is 1.33 bits per heavy atom. The van der Waals surface area contributed by atoms with Gasteiger partial charge in [-0.15, -0.1) is 0 Å². The van der Waals surface area contributed by atoms with Crippen LogP contribution in [0.25, 0.3) is 0 Å². The molecule has 0 aliphatic heterocycles. The highest BCUT2D eigenvalue weighted by Crippen LogP contribution is 2.34. The molecule has 0 spiro atoms. The average Bonchev–Trinajstić information content (AvgIpc) is 3.23. The molecule has 1 saturated carbocycles. The molecule has 1 heterocycles. The summed E-state index contributed by atoms with van der Waals surface area (Å²) in [4.78, 5) is 11.4. The fraction of sp³-hybridized carbons (Fsp3) is 0.714. The summed E-state index contributed by atoms with van der Waals surface area (Å²) in [5, 5.41) is 3.18. The van der Waals surface area contributed by atoms with Crippen LogP contribution >= 0.6 is 0 Å². The summed E-state index contributed by atoms with van der Waals surface area (Å²) >= 11 is 0. The van der Waals surface area contributed by atoms with Gasteiger partial charge in [-0.25, -0.2) is 9.97 Å². The molecule has 0 saturated heterocycles. The van der Waals surface area contributed by atoms with Gasteiger partial charge < -0.3 is 10.2 Å². The van der Waals surface area contributed by atoms with Gasteiger partial charge in [-0.2, -0.15) is 0 Å². The van der Waals surface area contributed by atoms with Crippen molar-refractivity contribution in [1.29, 1.82) is 0 Å². The van der Waals surface area contributed by atoms with Gasteiger partial charge in [0.25, 0.3) is 0 Å². The summed E-state index contributed by atoms with van der Waals surface area (Å²) in [6, 6.07) is 0.710. The minimum absolute atomic E-state index is 0.710. The number of aromatic nitrogens is 2. The smallest absolute Gasteiger partial charge is 0.137 e. The third-order valence-electron chi connectivity index (χ3n) is 3.53. The van der Waals surface area contributed by atoms with Crippen LogP contribution in [0.5, 0.6) is 0 Å². The molecule has 0 bridgehead atoms. The molecule has 18 heavy (non-hydrogen) atoms. The summed E-state index contributed by atoms with van der Waals surface area (Å²) in [6.07, 6.45) is 7.74. The minimum Gasteiger partial charge on any atom is -0.373 e. The fourth-order valence-electron chi connectivity index (χ4n) is 2.37. The maximum absolute atomic E-state index is 4.55. The Bertz CT molecular complexity index is 387. The largest absolute Gasteiger partial charge is 0.373 e. The lowest BCUT2D eigenvalue weighted by Gasteiger charge is -2.26. The van der Waals surface area contributed by atoms with Crippen molar-refractivity contribution in [3.8, 4) is 0 Å². The van der Waals surface area contributed by atoms with Crippen molar-refractivity contribution < 1.29 is 0 Å². The van der Waals surface area contributed by atoms with Crippen LogP contribution in [-0.4, -0.2) is 29.6 Å². The lowest BCUT2D eigenvalue weighted by Crippen LogP contribution is -2.29. The topological polar surface area (TPSA) is 41.1 Å². The summed E-state index contributed by atoms with van der Waals surface area (Å²) in [5.41, 5.74) is 1.25. The Balaban J connectivity index is 2.28. The molecule has 1 fully saturated rings. The average molecular weight is 248 g/mol. The van der Waals surface area contributed by atoms with Crippen molar-refractivity contribution in [2.75, 3.05) is 23.8 Å². The van der Waals surface area contributed by atoms with Gasteiger partial charge in [-0.05, 0) is 25.7 Å². The molecule has 4 nitrogen and oxygen atoms in total. The standard InChI is InChI=1S/C14H24N4/c1-4-6-9-18(11-7-8-11)14-12(5-2)13(15-3)16-10-17-14/h10-11H,4-9H2,1-3H3,(H,15,16,17). The van der Waals surface area contributed by atoms with Crippen molar-refractivity contribution in [1.82, 2.24) is 9.97 Å². The molecule has 0 aromatic carbocycles. The molecule has 0 radical (unpaired) electrons. The predicted octanol–water partition coefficient (Wildman–Crippen LogP) is 2.85. The quantitative estimate of drug-likeness (QED) is 0.805. The van der Waals surface area contributed by atoms with E-state index in [2.05, 4.69) is 34.0 Å². The first-order valence-corrected chi connectivity index (χ1v) is 7.10. The van der Waals surface area contributed by atoms with E-state index in [-0.39, 0.29) is 0 Å². The molecule has 4 heteroatoms. The molecule has 2 rings (SSSR count). The van der Waals surface area contributed by atoms with Crippen LogP contribution < -0.4 is 10.2 Å². The van der Waals surface area contributed by atoms with E-state index in [1.807, 2.05) is 7.05 Å². The maximum Gasteiger partial charge on any atom is 0.137 e. The zero-order valence-corrected chi connectivity index (χ0v) is 11.7. The highest BCUT2D eigenvalue weighted by molar-refractivity contribution is 5.59. The van der Waals surface area contributed by atoms with Gasteiger partial charge >= 0.3 is 0 Å². The van der Waals surface area contributed by atoms with Gasteiger partial charge in [0.15, 0.2) is 0 Å². The van der Waals surface area contributed by atoms with Crippen LogP contribution in [0.15, 0.2) is 6.33 Å². The zero-order valence-electron chi connectivity index (χ0n) is 11.7. The number of hydrogen-bond donors (Lipinski definition) is 1. The van der Waals surface area contributed by atoms with Crippen LogP contribution in [-0.2, 0) is 6.42 Å². The summed E-state index contributed by atoms with van der Waals surface area (Å²) in [6.45, 7) is 5.53. The highest BCUT2D eigenvalue weighted by atomic mass is 15.2. The van der Waals surface area contributed by atoms with Gasteiger partial charge in [-0.3, -0.25) is 0 Å². The van der Waals surface area contributed by atoms with Crippen molar-refractivity contribution >= 4 is 11.6 Å². The van der Waals surface area contributed by atoms with E-state index < -0.39 is 0 Å². The molecule has 1 aliphatic carbocycles. The zero-order chi connectivity index (χ0) is 13.0. The Morgan fingerprint density at radius 2 is 2.11 bits per heavy atom. The number of hydrogen-bond acceptors (Lipinski definition) is 4. The first-order chi connectivity index (χ1) is 8.81. The Kier molecular flexibility index (Phi) is 4.39. The second-order valence-electron chi connectivity index (χ2n) is 4.91. The summed E-state index contributed by atoms with van der Waals surface area (Å²) in [5.74, 6) is 2.12. The van der Waals surface area contributed by atoms with Crippen LogP contribution in [0.4, 0.5) is 11.6 Å². The van der Waals surface area contributed by atoms with E-state index in [4.69, 9.17) is 0 Å². The molecule has 1 aromatic heterocycles. The van der Waals surface area contributed by atoms with E-state index in [0.29, 0.717) is 6.04 Å². The lowest BCUT2D eigenvalue weighted by atomic mass is 10.2. The summed E-state index contributed by atoms with van der Waals surface area (Å²) in [7, 11) is 1.93. The van der Waals surface area contributed by atoms with Crippen LogP contribution in [0.1, 0.15) is 45.1 Å². The SMILES string of the molecule is CCCCN(c1ncnc(NC)c1CC)C1CC1. The third-order valence-corrected chi connectivity index (χ3v) is 3.53. The van der Waals surface area contributed by atoms with Gasteiger partial charge in [-0.1, -0.05) is 20.3 Å². The molecular formula is C14H24N4. The molecule has 0 amide bonds. The molecule has 1 aromatic rings. The minimum atomic E-state index is 0.710. The van der Waals surface area contributed by atoms with Gasteiger partial charge in [0.1, 0.15) is 18.0 Å². The van der Waals surface area contributed by atoms with Crippen molar-refractivity contribution in [3.05, 3.63) is 11.9 Å². The van der Waals surface area contributed by atoms with E-state index >= 15 is 0 Å². The summed E-state index contributed by atoms with van der Waals surface area (Å²) < 4.78 is 0. The van der Waals surface area contributed by atoms with Crippen molar-refractivity contribution in [3.63, 3.8) is 0 Å². The first kappa shape index (κ1) is 13.1. The van der Waals surface area contributed by atoms with E-state index in [0.717, 1.165) is 24.6 Å². The second kappa shape index (κ2) is 6.03. The number of nitrogens with one attached hydrogen (secondary N) is 1. The molecule has 1 aliphatic rings. The van der Waals surface area contributed by atoms with E-state index in [9.17, 15) is 0 Å². The highest BCUT2D eigenvalue weighted by Gasteiger charge is 2.31. The van der Waals surface area contributed by atoms with Crippen LogP contribution in [0, 0.1) is 0 Å². The van der Waals surface area contributed by atoms with E-state index in [1.54, 1.807) is 6.33 Å². The first-order valence-electron chi connectivity index (χ1n) is 7.10. The molecule has 1 N–H and O–H groups in total. The number of nitrogens with zero attached hydrogens (tertiary/aromatic N) is 3. The number of rotatable bonds is 7. The van der Waals surface area contributed by atoms with Crippen LogP contribution in [0.3, 0.4) is 0 Å². The van der Waals surface area contributed by atoms with Gasteiger partial charge in [0, 0.05) is 25.2 Å². The lowest BCUT2D eigenvalue weighted by molar-refractivity contribution is 0.699. The fourth-order valence-corrected chi connectivity index (χ4v) is 2.37. The van der Waals surface area contributed by atoms with E-state index in [1.165, 1.54) is 31.2 Å². The van der Waals surface area contributed by atoms with Gasteiger partial charge in [0.05, 0.1) is 0 Å². The molecule has 0 unspecified atom stereocenters. The number of unbranched alkanes of at least 4 members (excludes halogenated alkanes) is 1. The third kappa shape index (κ3) is 2.74. The predicted molar refractivity (Wildman–Crippen MR) is 76.2 cm³/mol. The van der Waals surface area contributed by atoms with Crippen molar-refractivity contribution in [2.24, 2.45) is 0 Å². The Morgan fingerprint density at radius 3 is 2.67 bits per heavy atom. The molecule has 0 atom stereocenters. The monoisotopic (exact) mass is 248 g/mol. The Labute approximate surface area is 110 Å². The molecular weight excluding hydrogens is 224 g/mol.